The average Bonchev–Trinajstić information content (AvgIpc) is 2.76. The van der Waals surface area contributed by atoms with Crippen molar-refractivity contribution >= 4 is 21.4 Å². The second kappa shape index (κ2) is 6.70. The molecule has 0 radical (unpaired) electrons. The summed E-state index contributed by atoms with van der Waals surface area (Å²) in [5.41, 5.74) is 1.40. The molecule has 1 saturated carbocycles. The van der Waals surface area contributed by atoms with E-state index in [1.165, 1.54) is 46.2 Å². The Bertz CT molecular complexity index is 559. The summed E-state index contributed by atoms with van der Waals surface area (Å²) in [6.07, 6.45) is 5.50. The Hall–Kier alpha value is -0.900. The summed E-state index contributed by atoms with van der Waals surface area (Å²) in [7, 11) is 0. The second-order valence-electron chi connectivity index (χ2n) is 5.54. The van der Waals surface area contributed by atoms with Crippen LogP contribution in [0.4, 0.5) is 0 Å². The summed E-state index contributed by atoms with van der Waals surface area (Å²) >= 11 is 1.91. The zero-order valence-corrected chi connectivity index (χ0v) is 13.0. The molecule has 1 aromatic carbocycles. The Morgan fingerprint density at radius 2 is 2.15 bits per heavy atom. The van der Waals surface area contributed by atoms with Crippen LogP contribution in [0, 0.1) is 0 Å². The molecule has 1 heterocycles. The van der Waals surface area contributed by atoms with Crippen molar-refractivity contribution in [3.63, 3.8) is 0 Å². The molecule has 3 heteroatoms. The predicted octanol–water partition coefficient (Wildman–Crippen LogP) is 4.47. The molecule has 20 heavy (non-hydrogen) atoms. The lowest BCUT2D eigenvalue weighted by Crippen LogP contribution is -2.21. The first kappa shape index (κ1) is 14.1. The number of rotatable bonds is 7. The Labute approximate surface area is 125 Å². The number of fused-ring (bicyclic) bond motifs is 1. The molecule has 0 saturated heterocycles. The summed E-state index contributed by atoms with van der Waals surface area (Å²) in [4.78, 5) is 1.44. The molecule has 1 N–H and O–H groups in total. The minimum atomic E-state index is 0.505. The van der Waals surface area contributed by atoms with Crippen molar-refractivity contribution in [1.29, 1.82) is 0 Å². The Kier molecular flexibility index (Phi) is 4.71. The Morgan fingerprint density at radius 3 is 2.90 bits per heavy atom. The van der Waals surface area contributed by atoms with Gasteiger partial charge in [-0.15, -0.1) is 11.3 Å². The van der Waals surface area contributed by atoms with E-state index in [0.717, 1.165) is 19.7 Å². The molecular formula is C17H23NOS. The summed E-state index contributed by atoms with van der Waals surface area (Å²) in [5, 5.41) is 4.90. The minimum Gasteiger partial charge on any atom is -0.373 e. The van der Waals surface area contributed by atoms with Crippen molar-refractivity contribution in [2.24, 2.45) is 0 Å². The fourth-order valence-electron chi connectivity index (χ4n) is 2.57. The van der Waals surface area contributed by atoms with Crippen molar-refractivity contribution in [2.75, 3.05) is 6.54 Å². The molecule has 2 aromatic rings. The number of ether oxygens (including phenoxy) is 1. The topological polar surface area (TPSA) is 21.3 Å². The number of hydrogen-bond acceptors (Lipinski definition) is 3. The largest absolute Gasteiger partial charge is 0.373 e. The van der Waals surface area contributed by atoms with Crippen LogP contribution in [0.15, 0.2) is 24.3 Å². The molecule has 2 nitrogen and oxygen atoms in total. The first-order valence-corrected chi connectivity index (χ1v) is 8.51. The molecule has 0 atom stereocenters. The molecule has 0 unspecified atom stereocenters. The van der Waals surface area contributed by atoms with Gasteiger partial charge in [-0.25, -0.2) is 0 Å². The normalized spacial score (nSPS) is 15.7. The van der Waals surface area contributed by atoms with Crippen molar-refractivity contribution in [1.82, 2.24) is 5.32 Å². The highest BCUT2D eigenvalue weighted by Gasteiger charge is 2.19. The van der Waals surface area contributed by atoms with E-state index in [0.29, 0.717) is 6.10 Å². The van der Waals surface area contributed by atoms with E-state index in [1.807, 2.05) is 11.3 Å². The van der Waals surface area contributed by atoms with Gasteiger partial charge in [0.15, 0.2) is 0 Å². The van der Waals surface area contributed by atoms with E-state index >= 15 is 0 Å². The third-order valence-electron chi connectivity index (χ3n) is 4.01. The molecule has 1 aromatic heterocycles. The lowest BCUT2D eigenvalue weighted by molar-refractivity contribution is -0.00832. The van der Waals surface area contributed by atoms with Crippen molar-refractivity contribution in [2.45, 2.75) is 51.9 Å². The molecule has 1 aliphatic rings. The first-order chi connectivity index (χ1) is 9.88. The highest BCUT2D eigenvalue weighted by molar-refractivity contribution is 7.19. The van der Waals surface area contributed by atoms with Gasteiger partial charge in [-0.05, 0) is 43.7 Å². The monoisotopic (exact) mass is 289 g/mol. The fraction of sp³-hybridized carbons (Fsp3) is 0.529. The van der Waals surface area contributed by atoms with Crippen LogP contribution in [0.1, 0.15) is 43.0 Å². The van der Waals surface area contributed by atoms with E-state index in [4.69, 9.17) is 4.74 Å². The van der Waals surface area contributed by atoms with Gasteiger partial charge in [0.2, 0.25) is 0 Å². The summed E-state index contributed by atoms with van der Waals surface area (Å²) in [6, 6.07) is 8.70. The molecule has 0 bridgehead atoms. The molecule has 0 aliphatic heterocycles. The second-order valence-corrected chi connectivity index (χ2v) is 6.68. The molecule has 1 aliphatic carbocycles. The molecule has 1 fully saturated rings. The van der Waals surface area contributed by atoms with Gasteiger partial charge >= 0.3 is 0 Å². The van der Waals surface area contributed by atoms with Crippen LogP contribution in [-0.2, 0) is 17.9 Å². The minimum absolute atomic E-state index is 0.505. The van der Waals surface area contributed by atoms with E-state index in [2.05, 4.69) is 36.5 Å². The zero-order chi connectivity index (χ0) is 13.8. The Morgan fingerprint density at radius 1 is 1.30 bits per heavy atom. The van der Waals surface area contributed by atoms with Crippen molar-refractivity contribution in [3.05, 3.63) is 34.7 Å². The van der Waals surface area contributed by atoms with Gasteiger partial charge in [-0.1, -0.05) is 25.1 Å². The van der Waals surface area contributed by atoms with Crippen LogP contribution in [0.2, 0.25) is 0 Å². The van der Waals surface area contributed by atoms with Gasteiger partial charge in [0, 0.05) is 21.7 Å². The highest BCUT2D eigenvalue weighted by Crippen LogP contribution is 2.33. The van der Waals surface area contributed by atoms with E-state index in [-0.39, 0.29) is 0 Å². The number of nitrogens with one attached hydrogen (secondary N) is 1. The van der Waals surface area contributed by atoms with Gasteiger partial charge < -0.3 is 10.1 Å². The highest BCUT2D eigenvalue weighted by atomic mass is 32.1. The molecule has 3 rings (SSSR count). The maximum Gasteiger partial charge on any atom is 0.0738 e. The van der Waals surface area contributed by atoms with Crippen LogP contribution in [0.5, 0.6) is 0 Å². The molecule has 0 spiro atoms. The summed E-state index contributed by atoms with van der Waals surface area (Å²) < 4.78 is 7.44. The standard InChI is InChI=1S/C17H23NOS/c1-2-10-18-11-17-15(12-19-13-6-5-7-13)14-8-3-4-9-16(14)20-17/h3-4,8-9,13,18H,2,5-7,10-12H2,1H3. The van der Waals surface area contributed by atoms with Crippen LogP contribution in [0.25, 0.3) is 10.1 Å². The third kappa shape index (κ3) is 3.05. The van der Waals surface area contributed by atoms with E-state index in [1.54, 1.807) is 0 Å². The van der Waals surface area contributed by atoms with Crippen LogP contribution in [-0.4, -0.2) is 12.6 Å². The van der Waals surface area contributed by atoms with Crippen molar-refractivity contribution in [3.8, 4) is 0 Å². The molecule has 108 valence electrons. The fourth-order valence-corrected chi connectivity index (χ4v) is 3.75. The number of benzene rings is 1. The SMILES string of the molecule is CCCNCc1sc2ccccc2c1COC1CCC1. The van der Waals surface area contributed by atoms with Crippen LogP contribution in [0.3, 0.4) is 0 Å². The average molecular weight is 289 g/mol. The maximum atomic E-state index is 6.06. The van der Waals surface area contributed by atoms with Gasteiger partial charge in [0.1, 0.15) is 0 Å². The zero-order valence-electron chi connectivity index (χ0n) is 12.2. The third-order valence-corrected chi connectivity index (χ3v) is 5.22. The summed E-state index contributed by atoms with van der Waals surface area (Å²) in [5.74, 6) is 0. The summed E-state index contributed by atoms with van der Waals surface area (Å²) in [6.45, 7) is 5.03. The first-order valence-electron chi connectivity index (χ1n) is 7.70. The van der Waals surface area contributed by atoms with Crippen molar-refractivity contribution < 1.29 is 4.74 Å². The molecule has 0 amide bonds. The van der Waals surface area contributed by atoms with Crippen LogP contribution < -0.4 is 5.32 Å². The maximum absolute atomic E-state index is 6.06. The van der Waals surface area contributed by atoms with Gasteiger partial charge in [-0.2, -0.15) is 0 Å². The Balaban J connectivity index is 1.78. The quantitative estimate of drug-likeness (QED) is 0.759. The number of thiophene rings is 1. The van der Waals surface area contributed by atoms with E-state index < -0.39 is 0 Å². The molecular weight excluding hydrogens is 266 g/mol. The lowest BCUT2D eigenvalue weighted by Gasteiger charge is -2.25. The lowest BCUT2D eigenvalue weighted by atomic mass is 9.96. The van der Waals surface area contributed by atoms with Gasteiger partial charge in [-0.3, -0.25) is 0 Å². The van der Waals surface area contributed by atoms with Gasteiger partial charge in [0.05, 0.1) is 12.7 Å². The predicted molar refractivity (Wildman–Crippen MR) is 86.3 cm³/mol. The van der Waals surface area contributed by atoms with E-state index in [9.17, 15) is 0 Å². The number of hydrogen-bond donors (Lipinski definition) is 1. The smallest absolute Gasteiger partial charge is 0.0738 e. The van der Waals surface area contributed by atoms with Gasteiger partial charge in [0.25, 0.3) is 0 Å². The van der Waals surface area contributed by atoms with Crippen LogP contribution >= 0.6 is 11.3 Å².